The Morgan fingerprint density at radius 1 is 0.957 bits per heavy atom. The number of methoxy groups -OCH3 is 3. The van der Waals surface area contributed by atoms with Crippen molar-refractivity contribution in [3.63, 3.8) is 0 Å². The molecule has 3 aromatic rings. The van der Waals surface area contributed by atoms with Crippen LogP contribution in [-0.2, 0) is 13.9 Å². The van der Waals surface area contributed by atoms with Crippen LogP contribution in [-0.4, -0.2) is 97.2 Å². The Morgan fingerprint density at radius 3 is 2.07 bits per heavy atom. The Kier molecular flexibility index (Phi) is 17.8. The van der Waals surface area contributed by atoms with E-state index in [1.54, 1.807) is 12.1 Å². The van der Waals surface area contributed by atoms with Gasteiger partial charge in [-0.05, 0) is 26.0 Å². The van der Waals surface area contributed by atoms with Gasteiger partial charge in [0.2, 0.25) is 11.7 Å². The molecule has 0 aliphatic carbocycles. The highest BCUT2D eigenvalue weighted by Crippen LogP contribution is 2.42. The summed E-state index contributed by atoms with van der Waals surface area (Å²) in [6.07, 6.45) is 0.934. The normalized spacial score (nSPS) is 12.3. The lowest BCUT2D eigenvalue weighted by atomic mass is 10.1. The summed E-state index contributed by atoms with van der Waals surface area (Å²) in [4.78, 5) is 44.4. The SMILES string of the molecule is COc1cc(Nc2ncc(F)c(Nc3ccc4c(n3)N(COP(=O)(O)O)C(=O)C(C)(C)O4)n2)cc(OC)c1OC.O.O.O.O.O.O. The number of aromatic nitrogens is 3. The maximum Gasteiger partial charge on any atom is 0.471 e. The number of ether oxygens (including phenoxy) is 4. The van der Waals surface area contributed by atoms with Crippen molar-refractivity contribution in [3.05, 3.63) is 36.3 Å². The highest BCUT2D eigenvalue weighted by molar-refractivity contribution is 7.46. The van der Waals surface area contributed by atoms with Gasteiger partial charge in [0.1, 0.15) is 12.5 Å². The Bertz CT molecular complexity index is 1470. The summed E-state index contributed by atoms with van der Waals surface area (Å²) in [6, 6.07) is 6.12. The zero-order valence-electron chi connectivity index (χ0n) is 25.0. The van der Waals surface area contributed by atoms with E-state index in [2.05, 4.69) is 30.1 Å². The van der Waals surface area contributed by atoms with Gasteiger partial charge < -0.3 is 72.2 Å². The van der Waals surface area contributed by atoms with E-state index in [1.807, 2.05) is 0 Å². The standard InChI is InChI=1S/C23H26FN6O9P.6H2O/c1-23(2)21(31)30(11-38-40(32,33)34)20-14(39-23)6-7-17(28-20)27-19-13(24)10-25-22(29-19)26-12-8-15(35-3)18(37-5)16(9-12)36-4;;;;;;/h6-10H,11H2,1-5H3,(H2,32,33,34)(H2,25,26,27,28,29);6*1H2. The number of amides is 1. The maximum atomic E-state index is 14.7. The molecule has 1 aliphatic rings. The van der Waals surface area contributed by atoms with E-state index in [4.69, 9.17) is 28.7 Å². The lowest BCUT2D eigenvalue weighted by Crippen LogP contribution is -2.53. The molecule has 0 fully saturated rings. The first-order valence-corrected chi connectivity index (χ1v) is 13.0. The van der Waals surface area contributed by atoms with E-state index in [0.717, 1.165) is 11.1 Å². The number of benzene rings is 1. The number of rotatable bonds is 10. The average Bonchev–Trinajstić information content (AvgIpc) is 2.89. The minimum absolute atomic E-state index is 0. The number of pyridine rings is 1. The van der Waals surface area contributed by atoms with Crippen molar-refractivity contribution in [2.24, 2.45) is 0 Å². The van der Waals surface area contributed by atoms with Gasteiger partial charge in [0, 0.05) is 17.8 Å². The third kappa shape index (κ3) is 10.0. The summed E-state index contributed by atoms with van der Waals surface area (Å²) in [5, 5.41) is 5.64. The number of phosphoric acid groups is 1. The predicted molar refractivity (Wildman–Crippen MR) is 161 cm³/mol. The molecule has 2 aromatic heterocycles. The molecule has 0 atom stereocenters. The molecule has 0 saturated heterocycles. The number of hydrogen-bond acceptors (Lipinski definition) is 12. The molecule has 0 spiro atoms. The van der Waals surface area contributed by atoms with Crippen molar-refractivity contribution in [3.8, 4) is 23.0 Å². The summed E-state index contributed by atoms with van der Waals surface area (Å²) in [5.41, 5.74) is -0.911. The van der Waals surface area contributed by atoms with Gasteiger partial charge in [-0.15, -0.1) is 0 Å². The van der Waals surface area contributed by atoms with Crippen LogP contribution in [0.1, 0.15) is 13.8 Å². The Labute approximate surface area is 260 Å². The van der Waals surface area contributed by atoms with Gasteiger partial charge in [-0.1, -0.05) is 0 Å². The first kappa shape index (κ1) is 45.9. The van der Waals surface area contributed by atoms with Crippen LogP contribution >= 0.6 is 7.82 Å². The van der Waals surface area contributed by atoms with Crippen LogP contribution in [0.4, 0.5) is 33.5 Å². The van der Waals surface area contributed by atoms with E-state index in [-0.39, 0.29) is 62.0 Å². The topological polar surface area (TPSA) is 376 Å². The zero-order chi connectivity index (χ0) is 29.2. The average molecular weight is 689 g/mol. The maximum absolute atomic E-state index is 14.7. The van der Waals surface area contributed by atoms with Gasteiger partial charge in [0.25, 0.3) is 5.91 Å². The quantitative estimate of drug-likeness (QED) is 0.170. The van der Waals surface area contributed by atoms with Crippen molar-refractivity contribution >= 4 is 42.8 Å². The van der Waals surface area contributed by atoms with Crippen molar-refractivity contribution in [1.82, 2.24) is 15.0 Å². The summed E-state index contributed by atoms with van der Waals surface area (Å²) in [7, 11) is -0.521. The summed E-state index contributed by atoms with van der Waals surface area (Å²) < 4.78 is 52.1. The molecule has 0 unspecified atom stereocenters. The van der Waals surface area contributed by atoms with Crippen LogP contribution in [0.2, 0.25) is 0 Å². The van der Waals surface area contributed by atoms with Crippen LogP contribution in [0.15, 0.2) is 30.5 Å². The molecule has 3 heterocycles. The molecule has 16 N–H and O–H groups in total. The highest BCUT2D eigenvalue weighted by atomic mass is 31.2. The van der Waals surface area contributed by atoms with Gasteiger partial charge in [-0.2, -0.15) is 4.98 Å². The largest absolute Gasteiger partial charge is 0.493 e. The fraction of sp³-hybridized carbons (Fsp3) is 0.304. The first-order valence-electron chi connectivity index (χ1n) is 11.4. The third-order valence-corrected chi connectivity index (χ3v) is 5.94. The number of halogens is 1. The summed E-state index contributed by atoms with van der Waals surface area (Å²) >= 11 is 0. The second-order valence-corrected chi connectivity index (χ2v) is 9.91. The Hall–Kier alpha value is -4.48. The molecule has 23 heteroatoms. The summed E-state index contributed by atoms with van der Waals surface area (Å²) in [6.45, 7) is 2.16. The minimum Gasteiger partial charge on any atom is -0.493 e. The number of anilines is 5. The number of nitrogens with zero attached hydrogens (tertiary/aromatic N) is 4. The van der Waals surface area contributed by atoms with Gasteiger partial charge in [0.15, 0.2) is 40.3 Å². The number of hydrogen-bond donors (Lipinski definition) is 4. The molecule has 0 radical (unpaired) electrons. The molecule has 0 bridgehead atoms. The third-order valence-electron chi connectivity index (χ3n) is 5.49. The Morgan fingerprint density at radius 2 is 1.54 bits per heavy atom. The number of carbonyl (C=O) groups is 1. The fourth-order valence-corrected chi connectivity index (χ4v) is 3.96. The minimum atomic E-state index is -4.91. The summed E-state index contributed by atoms with van der Waals surface area (Å²) in [5.74, 6) is -0.550. The molecule has 262 valence electrons. The number of nitrogens with one attached hydrogen (secondary N) is 2. The molecule has 46 heavy (non-hydrogen) atoms. The second-order valence-electron chi connectivity index (χ2n) is 8.67. The first-order chi connectivity index (χ1) is 18.8. The second kappa shape index (κ2) is 17.9. The predicted octanol–water partition coefficient (Wildman–Crippen LogP) is -1.85. The van der Waals surface area contributed by atoms with E-state index in [1.165, 1.54) is 47.3 Å². The van der Waals surface area contributed by atoms with Crippen LogP contribution in [0.3, 0.4) is 0 Å². The van der Waals surface area contributed by atoms with Gasteiger partial charge >= 0.3 is 7.82 Å². The molecule has 1 aliphatic heterocycles. The van der Waals surface area contributed by atoms with Crippen molar-refractivity contribution in [2.45, 2.75) is 19.4 Å². The van der Waals surface area contributed by atoms with Crippen molar-refractivity contribution in [2.75, 3.05) is 43.6 Å². The zero-order valence-corrected chi connectivity index (χ0v) is 25.9. The van der Waals surface area contributed by atoms with Crippen molar-refractivity contribution in [1.29, 1.82) is 0 Å². The fourth-order valence-electron chi connectivity index (χ4n) is 3.69. The molecular formula is C23H38FN6O15P. The Balaban J connectivity index is -0.00000308. The van der Waals surface area contributed by atoms with Crippen molar-refractivity contribution < 1.29 is 79.9 Å². The van der Waals surface area contributed by atoms with Crippen LogP contribution in [0.25, 0.3) is 0 Å². The molecular weight excluding hydrogens is 650 g/mol. The van der Waals surface area contributed by atoms with E-state index < -0.39 is 31.9 Å². The smallest absolute Gasteiger partial charge is 0.471 e. The number of carbonyl (C=O) groups excluding carboxylic acids is 1. The molecule has 4 rings (SSSR count). The van der Waals surface area contributed by atoms with Crippen LogP contribution < -0.4 is 34.5 Å². The molecule has 0 saturated carbocycles. The lowest BCUT2D eigenvalue weighted by molar-refractivity contribution is -0.133. The van der Waals surface area contributed by atoms with Crippen LogP contribution in [0.5, 0.6) is 23.0 Å². The molecule has 1 aromatic carbocycles. The van der Waals surface area contributed by atoms with Gasteiger partial charge in [-0.25, -0.2) is 18.9 Å². The lowest BCUT2D eigenvalue weighted by Gasteiger charge is -2.37. The van der Waals surface area contributed by atoms with Crippen LogP contribution in [0, 0.1) is 5.82 Å². The van der Waals surface area contributed by atoms with Gasteiger partial charge in [-0.3, -0.25) is 14.2 Å². The highest BCUT2D eigenvalue weighted by Gasteiger charge is 2.42. The van der Waals surface area contributed by atoms with Gasteiger partial charge in [0.05, 0.1) is 27.5 Å². The van der Waals surface area contributed by atoms with E-state index in [9.17, 15) is 13.8 Å². The van der Waals surface area contributed by atoms with E-state index in [0.29, 0.717) is 22.9 Å². The monoisotopic (exact) mass is 688 g/mol. The molecule has 1 amide bonds. The number of fused-ring (bicyclic) bond motifs is 1. The van der Waals surface area contributed by atoms with E-state index >= 15 is 0 Å². The number of phosphoric ester groups is 1. The molecule has 21 nitrogen and oxygen atoms in total.